The molecule has 1 heteroatoms. The fourth-order valence-electron chi connectivity index (χ4n) is 3.63. The predicted octanol–water partition coefficient (Wildman–Crippen LogP) is 5.52. The molecule has 1 nitrogen and oxygen atoms in total. The molecule has 2 aromatic rings. The number of hydrogen-bond donors (Lipinski definition) is 0. The highest BCUT2D eigenvalue weighted by Crippen LogP contribution is 2.38. The van der Waals surface area contributed by atoms with Crippen LogP contribution in [0, 0.1) is 6.92 Å². The highest BCUT2D eigenvalue weighted by molar-refractivity contribution is 5.94. The van der Waals surface area contributed by atoms with Gasteiger partial charge in [0.2, 0.25) is 0 Å². The van der Waals surface area contributed by atoms with Crippen LogP contribution in [0.2, 0.25) is 0 Å². The van der Waals surface area contributed by atoms with Gasteiger partial charge in [-0.3, -0.25) is 4.98 Å². The van der Waals surface area contributed by atoms with Crippen LogP contribution in [0.15, 0.2) is 65.9 Å². The fraction of sp³-hybridized carbons (Fsp3) is 0.227. The van der Waals surface area contributed by atoms with E-state index >= 15 is 0 Å². The maximum absolute atomic E-state index is 4.65. The summed E-state index contributed by atoms with van der Waals surface area (Å²) in [4.78, 5) is 4.65. The van der Waals surface area contributed by atoms with Crippen LogP contribution in [0.3, 0.4) is 0 Å². The molecule has 0 unspecified atom stereocenters. The summed E-state index contributed by atoms with van der Waals surface area (Å²) in [6, 6.07) is 13.0. The second-order valence-electron chi connectivity index (χ2n) is 6.43. The van der Waals surface area contributed by atoms with Gasteiger partial charge in [0, 0.05) is 17.5 Å². The van der Waals surface area contributed by atoms with E-state index in [2.05, 4.69) is 66.5 Å². The summed E-state index contributed by atoms with van der Waals surface area (Å²) in [6.45, 7) is 2.15. The third-order valence-corrected chi connectivity index (χ3v) is 4.77. The Labute approximate surface area is 138 Å². The summed E-state index contributed by atoms with van der Waals surface area (Å²) in [5.74, 6) is 0. The van der Waals surface area contributed by atoms with Gasteiger partial charge in [0.15, 0.2) is 0 Å². The van der Waals surface area contributed by atoms with Crippen molar-refractivity contribution in [2.45, 2.75) is 32.6 Å². The smallest absolute Gasteiger partial charge is 0.0485 e. The first kappa shape index (κ1) is 14.2. The molecule has 4 rings (SSSR count). The lowest BCUT2D eigenvalue weighted by molar-refractivity contribution is 0.823. The largest absolute Gasteiger partial charge is 0.261 e. The second-order valence-corrected chi connectivity index (χ2v) is 6.43. The number of aryl methyl sites for hydroxylation is 2. The topological polar surface area (TPSA) is 12.9 Å². The van der Waals surface area contributed by atoms with Gasteiger partial charge in [-0.15, -0.1) is 0 Å². The van der Waals surface area contributed by atoms with E-state index in [4.69, 9.17) is 0 Å². The Morgan fingerprint density at radius 1 is 1.04 bits per heavy atom. The van der Waals surface area contributed by atoms with Crippen molar-refractivity contribution in [3.8, 4) is 0 Å². The Kier molecular flexibility index (Phi) is 3.70. The molecule has 1 aromatic heterocycles. The lowest BCUT2D eigenvalue weighted by Gasteiger charge is -2.16. The molecule has 0 atom stereocenters. The van der Waals surface area contributed by atoms with Crippen molar-refractivity contribution in [2.24, 2.45) is 0 Å². The van der Waals surface area contributed by atoms with E-state index < -0.39 is 0 Å². The molecule has 0 N–H and O–H groups in total. The molecule has 0 aliphatic heterocycles. The Balaban J connectivity index is 1.93. The molecule has 0 saturated heterocycles. The predicted molar refractivity (Wildman–Crippen MR) is 97.0 cm³/mol. The summed E-state index contributed by atoms with van der Waals surface area (Å²) in [5.41, 5.74) is 9.44. The molecule has 2 aliphatic rings. The van der Waals surface area contributed by atoms with E-state index in [1.54, 1.807) is 5.57 Å². The normalized spacial score (nSPS) is 18.6. The number of pyridine rings is 1. The summed E-state index contributed by atoms with van der Waals surface area (Å²) >= 11 is 0. The van der Waals surface area contributed by atoms with E-state index in [1.165, 1.54) is 46.4 Å². The zero-order valence-electron chi connectivity index (χ0n) is 13.5. The Bertz CT molecular complexity index is 837. The molecule has 0 fully saturated rings. The average Bonchev–Trinajstić information content (AvgIpc) is 2.73. The Hall–Kier alpha value is -2.41. The monoisotopic (exact) mass is 299 g/mol. The first-order valence-electron chi connectivity index (χ1n) is 8.43. The van der Waals surface area contributed by atoms with E-state index in [-0.39, 0.29) is 0 Å². The number of nitrogens with zero attached hydrogens (tertiary/aromatic N) is 1. The van der Waals surface area contributed by atoms with Crippen LogP contribution < -0.4 is 0 Å². The van der Waals surface area contributed by atoms with Gasteiger partial charge in [-0.05, 0) is 61.5 Å². The molecule has 0 amide bonds. The number of hydrogen-bond acceptors (Lipinski definition) is 1. The number of rotatable bonds is 1. The number of allylic oxidation sites excluding steroid dienone is 5. The standard InChI is InChI=1S/C22H21N/c1-16-6-4-7-17(14-16)15-21-19-9-3-2-8-18(19)11-12-22-20(21)10-5-13-23-22/h3-7,9-10,13-15H,2,8,11-12H2,1H3/b21-15+. The quantitative estimate of drug-likeness (QED) is 0.675. The fourth-order valence-corrected chi connectivity index (χ4v) is 3.63. The van der Waals surface area contributed by atoms with Crippen molar-refractivity contribution < 1.29 is 0 Å². The number of benzene rings is 1. The van der Waals surface area contributed by atoms with Gasteiger partial charge in [-0.1, -0.05) is 53.6 Å². The van der Waals surface area contributed by atoms with E-state index in [9.17, 15) is 0 Å². The zero-order chi connectivity index (χ0) is 15.6. The molecule has 23 heavy (non-hydrogen) atoms. The van der Waals surface area contributed by atoms with Crippen LogP contribution in [0.25, 0.3) is 11.6 Å². The molecular weight excluding hydrogens is 278 g/mol. The van der Waals surface area contributed by atoms with Crippen molar-refractivity contribution in [1.82, 2.24) is 4.98 Å². The van der Waals surface area contributed by atoms with Crippen LogP contribution in [0.4, 0.5) is 0 Å². The minimum atomic E-state index is 1.05. The molecule has 1 heterocycles. The molecule has 0 radical (unpaired) electrons. The third kappa shape index (κ3) is 2.79. The molecule has 0 spiro atoms. The second kappa shape index (κ2) is 6.00. The minimum Gasteiger partial charge on any atom is -0.261 e. The van der Waals surface area contributed by atoms with Crippen molar-refractivity contribution >= 4 is 11.6 Å². The van der Waals surface area contributed by atoms with Crippen LogP contribution in [0.1, 0.15) is 41.6 Å². The van der Waals surface area contributed by atoms with Gasteiger partial charge in [-0.25, -0.2) is 0 Å². The van der Waals surface area contributed by atoms with Gasteiger partial charge in [0.05, 0.1) is 0 Å². The van der Waals surface area contributed by atoms with Crippen LogP contribution in [-0.4, -0.2) is 4.98 Å². The Morgan fingerprint density at radius 2 is 2.00 bits per heavy atom. The lowest BCUT2D eigenvalue weighted by Crippen LogP contribution is -1.96. The summed E-state index contributed by atoms with van der Waals surface area (Å²) in [5, 5.41) is 0. The number of fused-ring (bicyclic) bond motifs is 1. The van der Waals surface area contributed by atoms with Crippen LogP contribution in [-0.2, 0) is 6.42 Å². The van der Waals surface area contributed by atoms with Crippen LogP contribution in [0.5, 0.6) is 0 Å². The number of aromatic nitrogens is 1. The van der Waals surface area contributed by atoms with Crippen molar-refractivity contribution in [3.63, 3.8) is 0 Å². The van der Waals surface area contributed by atoms with Crippen LogP contribution >= 0.6 is 0 Å². The van der Waals surface area contributed by atoms with E-state index in [0.717, 1.165) is 12.8 Å². The minimum absolute atomic E-state index is 1.05. The SMILES string of the molecule is Cc1cccc(/C=C2\C3=C(CCC=C3)CCc3ncccc32)c1. The Morgan fingerprint density at radius 3 is 2.91 bits per heavy atom. The van der Waals surface area contributed by atoms with Gasteiger partial charge in [0.25, 0.3) is 0 Å². The molecule has 114 valence electrons. The first-order valence-corrected chi connectivity index (χ1v) is 8.43. The average molecular weight is 299 g/mol. The molecule has 0 saturated carbocycles. The molecule has 2 aliphatic carbocycles. The maximum Gasteiger partial charge on any atom is 0.0485 e. The summed E-state index contributed by atoms with van der Waals surface area (Å²) in [6.07, 6.45) is 13.4. The van der Waals surface area contributed by atoms with Crippen molar-refractivity contribution in [3.05, 3.63) is 88.3 Å². The van der Waals surface area contributed by atoms with E-state index in [0.29, 0.717) is 0 Å². The van der Waals surface area contributed by atoms with Gasteiger partial charge >= 0.3 is 0 Å². The molecule has 1 aromatic carbocycles. The maximum atomic E-state index is 4.65. The molecular formula is C22H21N. The summed E-state index contributed by atoms with van der Waals surface area (Å²) in [7, 11) is 0. The van der Waals surface area contributed by atoms with Gasteiger partial charge in [-0.2, -0.15) is 0 Å². The van der Waals surface area contributed by atoms with Crippen molar-refractivity contribution in [1.29, 1.82) is 0 Å². The third-order valence-electron chi connectivity index (χ3n) is 4.77. The highest BCUT2D eigenvalue weighted by atomic mass is 14.7. The van der Waals surface area contributed by atoms with Gasteiger partial charge in [0.1, 0.15) is 0 Å². The van der Waals surface area contributed by atoms with E-state index in [1.807, 2.05) is 6.20 Å². The first-order chi connectivity index (χ1) is 11.3. The zero-order valence-corrected chi connectivity index (χ0v) is 13.5. The van der Waals surface area contributed by atoms with Gasteiger partial charge < -0.3 is 0 Å². The summed E-state index contributed by atoms with van der Waals surface area (Å²) < 4.78 is 0. The van der Waals surface area contributed by atoms with Crippen molar-refractivity contribution in [2.75, 3.05) is 0 Å². The highest BCUT2D eigenvalue weighted by Gasteiger charge is 2.21. The lowest BCUT2D eigenvalue weighted by atomic mass is 9.88. The molecule has 0 bridgehead atoms.